The first-order valence-corrected chi connectivity index (χ1v) is 19.5. The minimum Gasteiger partial charge on any atom is -0.449 e. The smallest absolute Gasteiger partial charge is 0.177 e. The Kier molecular flexibility index (Phi) is 8.08. The standard InChI is InChI=1S/C51H37NO2S/c1-51(2)43-16-6-9-21-48(43)55-50-42(15-10-17-44(50)51)37-26-32-40(33-27-37)52(38-28-22-35(23-29-38)34-12-4-3-5-13-34)39-30-24-36(25-31-39)41-14-11-20-47-49(41)54-46-19-8-7-18-45(46)53-47/h3-33H,1-2H3. The van der Waals surface area contributed by atoms with Crippen molar-refractivity contribution >= 4 is 28.8 Å². The molecule has 0 saturated heterocycles. The van der Waals surface area contributed by atoms with Crippen molar-refractivity contribution < 1.29 is 9.47 Å². The van der Waals surface area contributed by atoms with Crippen LogP contribution in [0.5, 0.6) is 23.0 Å². The summed E-state index contributed by atoms with van der Waals surface area (Å²) in [6, 6.07) is 66.6. The first-order valence-electron chi connectivity index (χ1n) is 18.7. The van der Waals surface area contributed by atoms with Crippen LogP contribution in [0.4, 0.5) is 17.1 Å². The van der Waals surface area contributed by atoms with Crippen LogP contribution in [-0.4, -0.2) is 0 Å². The fourth-order valence-electron chi connectivity index (χ4n) is 7.93. The number of fused-ring (bicyclic) bond motifs is 4. The third-order valence-electron chi connectivity index (χ3n) is 10.8. The highest BCUT2D eigenvalue weighted by molar-refractivity contribution is 7.99. The summed E-state index contributed by atoms with van der Waals surface area (Å²) in [4.78, 5) is 4.99. The molecule has 10 rings (SSSR count). The quantitative estimate of drug-likeness (QED) is 0.170. The average molecular weight is 728 g/mol. The van der Waals surface area contributed by atoms with Crippen LogP contribution in [0.15, 0.2) is 198 Å². The molecule has 0 saturated carbocycles. The molecule has 8 aromatic rings. The fraction of sp³-hybridized carbons (Fsp3) is 0.0588. The summed E-state index contributed by atoms with van der Waals surface area (Å²) < 4.78 is 12.6. The Hall–Kier alpha value is -6.49. The lowest BCUT2D eigenvalue weighted by Gasteiger charge is -2.35. The SMILES string of the molecule is CC1(C)c2ccccc2Sc2c(-c3ccc(N(c4ccc(-c5ccccc5)cc4)c4ccc(-c5cccc6c5Oc5ccccc5O6)cc4)cc3)cccc21. The molecule has 8 aromatic carbocycles. The van der Waals surface area contributed by atoms with E-state index in [0.29, 0.717) is 5.75 Å². The maximum atomic E-state index is 6.40. The Labute approximate surface area is 326 Å². The molecule has 0 bridgehead atoms. The van der Waals surface area contributed by atoms with E-state index in [-0.39, 0.29) is 5.41 Å². The average Bonchev–Trinajstić information content (AvgIpc) is 3.24. The van der Waals surface area contributed by atoms with Crippen LogP contribution in [0, 0.1) is 0 Å². The largest absolute Gasteiger partial charge is 0.449 e. The van der Waals surface area contributed by atoms with Crippen molar-refractivity contribution in [3.8, 4) is 56.4 Å². The van der Waals surface area contributed by atoms with Gasteiger partial charge in [0, 0.05) is 37.8 Å². The van der Waals surface area contributed by atoms with Crippen LogP contribution >= 0.6 is 11.8 Å². The van der Waals surface area contributed by atoms with Gasteiger partial charge in [-0.25, -0.2) is 0 Å². The molecule has 55 heavy (non-hydrogen) atoms. The Morgan fingerprint density at radius 3 is 1.58 bits per heavy atom. The van der Waals surface area contributed by atoms with Crippen molar-refractivity contribution in [3.63, 3.8) is 0 Å². The number of rotatable bonds is 6. The second-order valence-electron chi connectivity index (χ2n) is 14.5. The minimum atomic E-state index is -0.0787. The van der Waals surface area contributed by atoms with Crippen molar-refractivity contribution in [1.82, 2.24) is 0 Å². The lowest BCUT2D eigenvalue weighted by molar-refractivity contribution is 0.361. The first-order chi connectivity index (χ1) is 27.0. The van der Waals surface area contributed by atoms with Crippen molar-refractivity contribution in [3.05, 3.63) is 199 Å². The normalized spacial score (nSPS) is 13.3. The second-order valence-corrected chi connectivity index (χ2v) is 15.6. The molecule has 264 valence electrons. The van der Waals surface area contributed by atoms with Gasteiger partial charge < -0.3 is 14.4 Å². The van der Waals surface area contributed by atoms with Crippen LogP contribution in [0.2, 0.25) is 0 Å². The minimum absolute atomic E-state index is 0.0787. The summed E-state index contributed by atoms with van der Waals surface area (Å²) >= 11 is 1.89. The van der Waals surface area contributed by atoms with Crippen molar-refractivity contribution in [2.24, 2.45) is 0 Å². The number of ether oxygens (including phenoxy) is 2. The van der Waals surface area contributed by atoms with E-state index in [1.165, 1.54) is 43.2 Å². The summed E-state index contributed by atoms with van der Waals surface area (Å²) in [5.74, 6) is 2.88. The lowest BCUT2D eigenvalue weighted by Crippen LogP contribution is -2.23. The number of anilines is 3. The van der Waals surface area contributed by atoms with E-state index in [9.17, 15) is 0 Å². The monoisotopic (exact) mass is 727 g/mol. The summed E-state index contributed by atoms with van der Waals surface area (Å²) in [5, 5.41) is 0. The maximum absolute atomic E-state index is 6.40. The van der Waals surface area contributed by atoms with Gasteiger partial charge in [-0.2, -0.15) is 0 Å². The molecule has 2 aliphatic rings. The molecule has 0 unspecified atom stereocenters. The Morgan fingerprint density at radius 1 is 0.400 bits per heavy atom. The molecule has 2 aliphatic heterocycles. The van der Waals surface area contributed by atoms with E-state index in [1.54, 1.807) is 0 Å². The van der Waals surface area contributed by atoms with Crippen molar-refractivity contribution in [1.29, 1.82) is 0 Å². The van der Waals surface area contributed by atoms with Crippen LogP contribution < -0.4 is 14.4 Å². The van der Waals surface area contributed by atoms with Crippen LogP contribution in [-0.2, 0) is 5.41 Å². The zero-order valence-corrected chi connectivity index (χ0v) is 31.4. The van der Waals surface area contributed by atoms with Crippen LogP contribution in [0.1, 0.15) is 25.0 Å². The van der Waals surface area contributed by atoms with E-state index in [0.717, 1.165) is 45.4 Å². The van der Waals surface area contributed by atoms with Gasteiger partial charge in [-0.15, -0.1) is 0 Å². The highest BCUT2D eigenvalue weighted by Crippen LogP contribution is 2.53. The Balaban J connectivity index is 1.02. The molecule has 4 heteroatoms. The topological polar surface area (TPSA) is 21.7 Å². The molecule has 0 spiro atoms. The fourth-order valence-corrected chi connectivity index (χ4v) is 9.46. The zero-order valence-electron chi connectivity index (χ0n) is 30.6. The molecule has 0 aliphatic carbocycles. The summed E-state index contributed by atoms with van der Waals surface area (Å²) in [7, 11) is 0. The van der Waals surface area contributed by atoms with Gasteiger partial charge in [-0.1, -0.05) is 153 Å². The number of para-hydroxylation sites is 3. The summed E-state index contributed by atoms with van der Waals surface area (Å²) in [6.45, 7) is 4.69. The van der Waals surface area contributed by atoms with Gasteiger partial charge in [0.2, 0.25) is 0 Å². The van der Waals surface area contributed by atoms with Gasteiger partial charge in [0.1, 0.15) is 0 Å². The molecule has 0 fully saturated rings. The number of hydrogen-bond donors (Lipinski definition) is 0. The highest BCUT2D eigenvalue weighted by atomic mass is 32.2. The lowest BCUT2D eigenvalue weighted by atomic mass is 9.77. The molecular formula is C51H37NO2S. The molecule has 2 heterocycles. The van der Waals surface area contributed by atoms with E-state index in [1.807, 2.05) is 48.2 Å². The van der Waals surface area contributed by atoms with Crippen molar-refractivity contribution in [2.45, 2.75) is 29.1 Å². The van der Waals surface area contributed by atoms with Gasteiger partial charge in [0.15, 0.2) is 23.0 Å². The highest BCUT2D eigenvalue weighted by Gasteiger charge is 2.34. The van der Waals surface area contributed by atoms with Crippen LogP contribution in [0.25, 0.3) is 33.4 Å². The maximum Gasteiger partial charge on any atom is 0.177 e. The summed E-state index contributed by atoms with van der Waals surface area (Å²) in [5.41, 5.74) is 12.8. The predicted molar refractivity (Wildman–Crippen MR) is 227 cm³/mol. The molecule has 3 nitrogen and oxygen atoms in total. The summed E-state index contributed by atoms with van der Waals surface area (Å²) in [6.07, 6.45) is 0. The van der Waals surface area contributed by atoms with E-state index >= 15 is 0 Å². The molecular weight excluding hydrogens is 691 g/mol. The molecule has 0 radical (unpaired) electrons. The van der Waals surface area contributed by atoms with Crippen molar-refractivity contribution in [2.75, 3.05) is 4.90 Å². The number of hydrogen-bond acceptors (Lipinski definition) is 4. The van der Waals surface area contributed by atoms with Gasteiger partial charge in [-0.05, 0) is 99.6 Å². The van der Waals surface area contributed by atoms with Gasteiger partial charge >= 0.3 is 0 Å². The molecule has 0 N–H and O–H groups in total. The van der Waals surface area contributed by atoms with Gasteiger partial charge in [0.05, 0.1) is 0 Å². The van der Waals surface area contributed by atoms with E-state index in [2.05, 4.69) is 170 Å². The third-order valence-corrected chi connectivity index (χ3v) is 12.0. The van der Waals surface area contributed by atoms with E-state index in [4.69, 9.17) is 9.47 Å². The molecule has 0 aromatic heterocycles. The van der Waals surface area contributed by atoms with E-state index < -0.39 is 0 Å². The predicted octanol–water partition coefficient (Wildman–Crippen LogP) is 14.8. The Bertz CT molecular complexity index is 2680. The van der Waals surface area contributed by atoms with Gasteiger partial charge in [-0.3, -0.25) is 0 Å². The molecule has 0 amide bonds. The number of nitrogens with zero attached hydrogens (tertiary/aromatic N) is 1. The third kappa shape index (κ3) is 5.87. The molecule has 0 atom stereocenters. The Morgan fingerprint density at radius 2 is 0.891 bits per heavy atom. The van der Waals surface area contributed by atoms with Gasteiger partial charge in [0.25, 0.3) is 0 Å². The number of benzene rings is 8. The second kappa shape index (κ2) is 13.4. The zero-order chi connectivity index (χ0) is 36.9. The van der Waals surface area contributed by atoms with Crippen LogP contribution in [0.3, 0.4) is 0 Å². The first kappa shape index (κ1) is 33.1.